The molecule has 49 heavy (non-hydrogen) atoms. The van der Waals surface area contributed by atoms with Gasteiger partial charge in [-0.25, -0.2) is 4.98 Å². The number of hydrogen-bond donors (Lipinski definition) is 0. The Morgan fingerprint density at radius 3 is 2.39 bits per heavy atom. The van der Waals surface area contributed by atoms with Crippen LogP contribution in [0.15, 0.2) is 91.1 Å². The molecule has 3 aromatic heterocycles. The Hall–Kier alpha value is -4.47. The van der Waals surface area contributed by atoms with E-state index in [0.717, 1.165) is 61.6 Å². The fourth-order valence-corrected chi connectivity index (χ4v) is 6.91. The summed E-state index contributed by atoms with van der Waals surface area (Å²) in [5.41, 5.74) is 10.8. The van der Waals surface area contributed by atoms with Gasteiger partial charge in [0.25, 0.3) is 0 Å². The van der Waals surface area contributed by atoms with E-state index in [0.29, 0.717) is 17.4 Å². The molecule has 0 bridgehead atoms. The normalized spacial score (nSPS) is 12.0. The summed E-state index contributed by atoms with van der Waals surface area (Å²) >= 11 is 0. The smallest absolute Gasteiger partial charge is 0.509 e. The topological polar surface area (TPSA) is 44.9 Å². The van der Waals surface area contributed by atoms with Crippen molar-refractivity contribution in [2.24, 2.45) is 0 Å². The van der Waals surface area contributed by atoms with Crippen molar-refractivity contribution in [3.05, 3.63) is 131 Å². The first-order chi connectivity index (χ1) is 23.3. The van der Waals surface area contributed by atoms with E-state index in [-0.39, 0.29) is 21.1 Å². The van der Waals surface area contributed by atoms with E-state index in [2.05, 4.69) is 119 Å². The van der Waals surface area contributed by atoms with Crippen LogP contribution in [-0.4, -0.2) is 19.3 Å². The third-order valence-corrected chi connectivity index (χ3v) is 9.39. The molecule has 0 saturated carbocycles. The minimum Gasteiger partial charge on any atom is -0.509 e. The molecule has 0 spiro atoms. The molecule has 7 rings (SSSR count). The van der Waals surface area contributed by atoms with Crippen molar-refractivity contribution in [1.82, 2.24) is 19.3 Å². The first kappa shape index (κ1) is 34.4. The first-order valence-electron chi connectivity index (χ1n) is 17.1. The van der Waals surface area contributed by atoms with Crippen LogP contribution in [0.1, 0.15) is 73.5 Å². The Bertz CT molecular complexity index is 2250. The number of fused-ring (bicyclic) bond motifs is 3. The number of aryl methyl sites for hydroxylation is 3. The largest absolute Gasteiger partial charge is 2.00 e. The predicted molar refractivity (Wildman–Crippen MR) is 197 cm³/mol. The summed E-state index contributed by atoms with van der Waals surface area (Å²) in [5.74, 6) is 2.61. The fourth-order valence-electron chi connectivity index (χ4n) is 6.91. The van der Waals surface area contributed by atoms with Gasteiger partial charge in [-0.1, -0.05) is 88.0 Å². The minimum absolute atomic E-state index is 0. The average molecular weight is 826 g/mol. The molecule has 0 saturated heterocycles. The Balaban J connectivity index is 0.00000417. The SMILES string of the molecule is CCCCCC(C)c1ccc2c(c1)c1ccc(Oc3[c-]c(-n4nc(C)c(-c5ccccc5)c4C)cc(C)c3)[c-]c1n2-c1cc(C)ccn1.[Pt+2]. The van der Waals surface area contributed by atoms with E-state index in [9.17, 15) is 0 Å². The molecule has 250 valence electrons. The van der Waals surface area contributed by atoms with E-state index >= 15 is 0 Å². The zero-order valence-corrected chi connectivity index (χ0v) is 31.4. The van der Waals surface area contributed by atoms with Gasteiger partial charge in [-0.05, 0) is 79.1 Å². The molecule has 1 unspecified atom stereocenters. The van der Waals surface area contributed by atoms with Crippen molar-refractivity contribution < 1.29 is 25.8 Å². The monoisotopic (exact) mass is 825 g/mol. The molecule has 1 atom stereocenters. The predicted octanol–water partition coefficient (Wildman–Crippen LogP) is 11.3. The number of ether oxygens (including phenoxy) is 1. The fraction of sp³-hybridized carbons (Fsp3) is 0.256. The maximum absolute atomic E-state index is 6.53. The summed E-state index contributed by atoms with van der Waals surface area (Å²) in [5, 5.41) is 7.26. The van der Waals surface area contributed by atoms with Crippen LogP contribution in [0.5, 0.6) is 11.5 Å². The molecular weight excluding hydrogens is 784 g/mol. The number of rotatable bonds is 10. The third kappa shape index (κ3) is 6.87. The van der Waals surface area contributed by atoms with Gasteiger partial charge in [0.1, 0.15) is 5.82 Å². The van der Waals surface area contributed by atoms with E-state index in [1.807, 2.05) is 35.1 Å². The zero-order valence-electron chi connectivity index (χ0n) is 29.1. The van der Waals surface area contributed by atoms with Gasteiger partial charge in [0.2, 0.25) is 0 Å². The van der Waals surface area contributed by atoms with Gasteiger partial charge in [0, 0.05) is 34.5 Å². The Morgan fingerprint density at radius 2 is 1.61 bits per heavy atom. The quantitative estimate of drug-likeness (QED) is 0.102. The van der Waals surface area contributed by atoms with E-state index < -0.39 is 0 Å². The molecule has 4 aromatic carbocycles. The molecule has 5 nitrogen and oxygen atoms in total. The zero-order chi connectivity index (χ0) is 33.4. The van der Waals surface area contributed by atoms with Gasteiger partial charge in [-0.15, -0.1) is 35.7 Å². The van der Waals surface area contributed by atoms with Gasteiger partial charge in [0.05, 0.1) is 5.69 Å². The van der Waals surface area contributed by atoms with E-state index in [1.165, 1.54) is 36.6 Å². The number of unbranched alkanes of at least 4 members (excludes halogenated alkanes) is 2. The van der Waals surface area contributed by atoms with Crippen LogP contribution in [-0.2, 0) is 21.1 Å². The van der Waals surface area contributed by atoms with Crippen LogP contribution >= 0.6 is 0 Å². The van der Waals surface area contributed by atoms with Crippen LogP contribution in [0, 0.1) is 39.8 Å². The molecule has 0 N–H and O–H groups in total. The van der Waals surface area contributed by atoms with Crippen molar-refractivity contribution in [2.75, 3.05) is 0 Å². The summed E-state index contributed by atoms with van der Waals surface area (Å²) in [6.07, 6.45) is 6.84. The number of nitrogens with zero attached hydrogens (tertiary/aromatic N) is 4. The average Bonchev–Trinajstić information content (AvgIpc) is 3.57. The second-order valence-corrected chi connectivity index (χ2v) is 13.1. The molecule has 0 aliphatic rings. The Labute approximate surface area is 304 Å². The molecule has 6 heteroatoms. The van der Waals surface area contributed by atoms with Crippen LogP contribution in [0.25, 0.3) is 44.4 Å². The van der Waals surface area contributed by atoms with Gasteiger partial charge < -0.3 is 9.30 Å². The standard InChI is InChI=1S/C43H42N4O.Pt/c1-7-8-10-13-30(4)34-16-19-40-39(25-34)38-18-17-36(27-41(38)46(40)42-24-28(2)20-21-44-42)48-37-23-29(3)22-35(26-37)47-32(6)43(31(5)45-47)33-14-11-9-12-15-33;/h9,11-12,14-25,30H,7-8,10,13H2,1-6H3;/q-2;+2. The van der Waals surface area contributed by atoms with Gasteiger partial charge >= 0.3 is 21.1 Å². The molecule has 0 aliphatic heterocycles. The number of pyridine rings is 1. The summed E-state index contributed by atoms with van der Waals surface area (Å²) in [7, 11) is 0. The summed E-state index contributed by atoms with van der Waals surface area (Å²) < 4.78 is 10.7. The Morgan fingerprint density at radius 1 is 0.796 bits per heavy atom. The van der Waals surface area contributed by atoms with Crippen molar-refractivity contribution in [3.63, 3.8) is 0 Å². The van der Waals surface area contributed by atoms with Crippen LogP contribution in [0.4, 0.5) is 0 Å². The molecule has 0 aliphatic carbocycles. The molecule has 7 aromatic rings. The molecule has 0 amide bonds. The number of benzene rings is 4. The maximum Gasteiger partial charge on any atom is 2.00 e. The third-order valence-electron chi connectivity index (χ3n) is 9.39. The summed E-state index contributed by atoms with van der Waals surface area (Å²) in [6.45, 7) is 12.9. The van der Waals surface area contributed by atoms with Crippen LogP contribution < -0.4 is 4.74 Å². The molecule has 0 fully saturated rings. The summed E-state index contributed by atoms with van der Waals surface area (Å²) in [6, 6.07) is 36.9. The minimum atomic E-state index is 0. The summed E-state index contributed by atoms with van der Waals surface area (Å²) in [4.78, 5) is 4.79. The second-order valence-electron chi connectivity index (χ2n) is 13.1. The van der Waals surface area contributed by atoms with E-state index in [4.69, 9.17) is 14.8 Å². The van der Waals surface area contributed by atoms with E-state index in [1.54, 1.807) is 0 Å². The maximum atomic E-state index is 6.53. The molecule has 0 radical (unpaired) electrons. The number of aromatic nitrogens is 4. The van der Waals surface area contributed by atoms with Crippen molar-refractivity contribution in [2.45, 2.75) is 73.1 Å². The van der Waals surface area contributed by atoms with Crippen molar-refractivity contribution >= 4 is 21.8 Å². The van der Waals surface area contributed by atoms with Crippen molar-refractivity contribution in [1.29, 1.82) is 0 Å². The second kappa shape index (κ2) is 14.6. The number of hydrogen-bond acceptors (Lipinski definition) is 3. The molecular formula is C43H42N4OPt. The first-order valence-corrected chi connectivity index (χ1v) is 17.1. The van der Waals surface area contributed by atoms with Gasteiger partial charge in [-0.3, -0.25) is 4.68 Å². The Kier molecular flexibility index (Phi) is 10.2. The molecule has 3 heterocycles. The van der Waals surface area contributed by atoms with Crippen molar-refractivity contribution in [3.8, 4) is 34.1 Å². The van der Waals surface area contributed by atoms with Crippen LogP contribution in [0.3, 0.4) is 0 Å². The van der Waals surface area contributed by atoms with Crippen LogP contribution in [0.2, 0.25) is 0 Å². The van der Waals surface area contributed by atoms with Gasteiger partial charge in [-0.2, -0.15) is 16.7 Å². The van der Waals surface area contributed by atoms with Gasteiger partial charge in [0.15, 0.2) is 0 Å².